The molecule has 36 heavy (non-hydrogen) atoms. The number of ether oxygens (including phenoxy) is 1. The summed E-state index contributed by atoms with van der Waals surface area (Å²) in [6, 6.07) is 3.61. The van der Waals surface area contributed by atoms with E-state index in [-0.39, 0.29) is 16.8 Å². The van der Waals surface area contributed by atoms with Crippen LogP contribution in [0.25, 0.3) is 0 Å². The number of carbonyl (C=O) groups excluding carboxylic acids is 1. The lowest BCUT2D eigenvalue weighted by molar-refractivity contribution is 0.0497. The van der Waals surface area contributed by atoms with E-state index >= 15 is 0 Å². The Bertz CT molecular complexity index is 672. The fourth-order valence-corrected chi connectivity index (χ4v) is 4.44. The third-order valence-electron chi connectivity index (χ3n) is 6.69. The lowest BCUT2D eigenvalue weighted by atomic mass is 9.78. The first-order valence-electron chi connectivity index (χ1n) is 15.0. The predicted molar refractivity (Wildman–Crippen MR) is 157 cm³/mol. The van der Waals surface area contributed by atoms with Crippen molar-refractivity contribution in [1.29, 1.82) is 0 Å². The lowest BCUT2D eigenvalue weighted by Crippen LogP contribution is -2.19. The van der Waals surface area contributed by atoms with E-state index in [0.717, 1.165) is 24.0 Å². The molecular weight excluding hydrogens is 444 g/mol. The zero-order valence-electron chi connectivity index (χ0n) is 25.5. The Hall–Kier alpha value is -1.51. The first-order valence-corrected chi connectivity index (χ1v) is 15.0. The summed E-state index contributed by atoms with van der Waals surface area (Å²) < 4.78 is 5.59. The summed E-state index contributed by atoms with van der Waals surface area (Å²) in [5.74, 6) is 0.00854. The lowest BCUT2D eigenvalue weighted by Gasteiger charge is -2.28. The van der Waals surface area contributed by atoms with Gasteiger partial charge < -0.3 is 9.84 Å². The summed E-state index contributed by atoms with van der Waals surface area (Å²) in [6.45, 7) is 19.1. The second-order valence-corrected chi connectivity index (χ2v) is 12.2. The molecule has 0 aliphatic rings. The molecule has 210 valence electrons. The minimum atomic E-state index is -0.286. The van der Waals surface area contributed by atoms with E-state index in [9.17, 15) is 9.90 Å². The van der Waals surface area contributed by atoms with Gasteiger partial charge in [0.25, 0.3) is 0 Å². The Kier molecular flexibility index (Phi) is 17.9. The van der Waals surface area contributed by atoms with Crippen LogP contribution in [0.1, 0.15) is 174 Å². The summed E-state index contributed by atoms with van der Waals surface area (Å²) in [4.78, 5) is 12.7. The maximum Gasteiger partial charge on any atom is 0.338 e. The summed E-state index contributed by atoms with van der Waals surface area (Å²) in [6.07, 6.45) is 18.4. The largest absolute Gasteiger partial charge is 0.507 e. The highest BCUT2D eigenvalue weighted by Gasteiger charge is 2.28. The van der Waals surface area contributed by atoms with Gasteiger partial charge in [0.1, 0.15) is 5.75 Å². The second kappa shape index (κ2) is 18.7. The molecule has 0 amide bonds. The molecule has 1 rings (SSSR count). The van der Waals surface area contributed by atoms with Crippen molar-refractivity contribution in [3.05, 3.63) is 28.8 Å². The second-order valence-electron chi connectivity index (χ2n) is 12.2. The third kappa shape index (κ3) is 14.3. The van der Waals surface area contributed by atoms with Crippen LogP contribution in [0.2, 0.25) is 0 Å². The van der Waals surface area contributed by atoms with Crippen molar-refractivity contribution in [2.45, 2.75) is 163 Å². The minimum Gasteiger partial charge on any atom is -0.507 e. The van der Waals surface area contributed by atoms with Gasteiger partial charge in [0, 0.05) is 11.1 Å². The van der Waals surface area contributed by atoms with Crippen LogP contribution in [0.3, 0.4) is 0 Å². The fraction of sp³-hybridized carbons (Fsp3) is 0.788. The zero-order valence-corrected chi connectivity index (χ0v) is 25.5. The molecule has 0 aliphatic heterocycles. The van der Waals surface area contributed by atoms with Crippen molar-refractivity contribution < 1.29 is 14.6 Å². The Balaban J connectivity index is 0.00000596. The predicted octanol–water partition coefficient (Wildman–Crippen LogP) is 10.7. The van der Waals surface area contributed by atoms with Crippen LogP contribution in [-0.2, 0) is 15.6 Å². The number of phenols is 1. The van der Waals surface area contributed by atoms with Gasteiger partial charge in [-0.3, -0.25) is 0 Å². The van der Waals surface area contributed by atoms with Crippen molar-refractivity contribution in [3.8, 4) is 5.75 Å². The fourth-order valence-electron chi connectivity index (χ4n) is 4.44. The van der Waals surface area contributed by atoms with Gasteiger partial charge in [-0.15, -0.1) is 0 Å². The molecule has 0 bridgehead atoms. The molecule has 0 heterocycles. The molecule has 0 radical (unpaired) electrons. The molecule has 0 aliphatic carbocycles. The Morgan fingerprint density at radius 3 is 1.33 bits per heavy atom. The van der Waals surface area contributed by atoms with Gasteiger partial charge >= 0.3 is 5.97 Å². The third-order valence-corrected chi connectivity index (χ3v) is 6.69. The first-order chi connectivity index (χ1) is 17.0. The molecule has 0 atom stereocenters. The van der Waals surface area contributed by atoms with E-state index in [1.54, 1.807) is 12.1 Å². The molecule has 3 nitrogen and oxygen atoms in total. The number of carbonyl (C=O) groups is 1. The number of hydrogen-bond acceptors (Lipinski definition) is 3. The normalized spacial score (nSPS) is 11.7. The minimum absolute atomic E-state index is 0.255. The van der Waals surface area contributed by atoms with Crippen molar-refractivity contribution in [1.82, 2.24) is 0 Å². The molecule has 0 spiro atoms. The number of benzene rings is 1. The van der Waals surface area contributed by atoms with Crippen molar-refractivity contribution in [2.75, 3.05) is 6.61 Å². The topological polar surface area (TPSA) is 46.5 Å². The molecule has 0 fully saturated rings. The molecule has 0 aromatic heterocycles. The van der Waals surface area contributed by atoms with Gasteiger partial charge in [0.05, 0.1) is 12.2 Å². The molecule has 1 aromatic carbocycles. The van der Waals surface area contributed by atoms with Gasteiger partial charge in [-0.25, -0.2) is 4.79 Å². The summed E-state index contributed by atoms with van der Waals surface area (Å²) in [5.41, 5.74) is 1.62. The van der Waals surface area contributed by atoms with Crippen LogP contribution in [0.15, 0.2) is 12.1 Å². The Labute approximate surface area is 224 Å². The Morgan fingerprint density at radius 2 is 1.00 bits per heavy atom. The van der Waals surface area contributed by atoms with Crippen LogP contribution in [-0.4, -0.2) is 17.7 Å². The maximum absolute atomic E-state index is 12.7. The van der Waals surface area contributed by atoms with Crippen molar-refractivity contribution in [3.63, 3.8) is 0 Å². The molecular formula is C33H60O3. The van der Waals surface area contributed by atoms with Crippen molar-refractivity contribution in [2.24, 2.45) is 0 Å². The molecule has 0 saturated carbocycles. The number of phenolic OH excluding ortho intramolecular Hbond substituents is 1. The van der Waals surface area contributed by atoms with E-state index in [4.69, 9.17) is 4.74 Å². The molecule has 0 unspecified atom stereocenters. The first kappa shape index (κ1) is 34.5. The molecule has 0 saturated heterocycles. The SMILES string of the molecule is CC.CCCCCCCCCCCCCCCCOC(=O)c1cc(C(C)(C)C)c(O)c(C(C)(C)C)c1. The average molecular weight is 505 g/mol. The van der Waals surface area contributed by atoms with Gasteiger partial charge in [-0.1, -0.05) is 146 Å². The summed E-state index contributed by atoms with van der Waals surface area (Å²) in [7, 11) is 0. The summed E-state index contributed by atoms with van der Waals surface area (Å²) >= 11 is 0. The van der Waals surface area contributed by atoms with Crippen LogP contribution in [0.5, 0.6) is 5.75 Å². The quantitative estimate of drug-likeness (QED) is 0.180. The van der Waals surface area contributed by atoms with E-state index in [2.05, 4.69) is 48.5 Å². The smallest absolute Gasteiger partial charge is 0.338 e. The standard InChI is InChI=1S/C31H54O3.C2H6/c1-8-9-10-11-12-13-14-15-16-17-18-19-20-21-22-34-29(33)25-23-26(30(2,3)4)28(32)27(24-25)31(5,6)7;1-2/h23-24,32H,8-22H2,1-7H3;1-2H3. The number of unbranched alkanes of at least 4 members (excludes halogenated alkanes) is 13. The van der Waals surface area contributed by atoms with Gasteiger partial charge in [0.2, 0.25) is 0 Å². The molecule has 1 aromatic rings. The number of rotatable bonds is 16. The van der Waals surface area contributed by atoms with Gasteiger partial charge in [-0.05, 0) is 29.4 Å². The van der Waals surface area contributed by atoms with Gasteiger partial charge in [-0.2, -0.15) is 0 Å². The van der Waals surface area contributed by atoms with E-state index in [0.29, 0.717) is 17.9 Å². The van der Waals surface area contributed by atoms with Gasteiger partial charge in [0.15, 0.2) is 0 Å². The van der Waals surface area contributed by atoms with Crippen molar-refractivity contribution >= 4 is 5.97 Å². The number of aromatic hydroxyl groups is 1. The highest BCUT2D eigenvalue weighted by Crippen LogP contribution is 2.39. The molecule has 3 heteroatoms. The van der Waals surface area contributed by atoms with E-state index in [1.807, 2.05) is 13.8 Å². The van der Waals surface area contributed by atoms with Crippen LogP contribution >= 0.6 is 0 Å². The average Bonchev–Trinajstić information content (AvgIpc) is 2.81. The number of hydrogen-bond donors (Lipinski definition) is 1. The highest BCUT2D eigenvalue weighted by molar-refractivity contribution is 5.90. The van der Waals surface area contributed by atoms with E-state index < -0.39 is 0 Å². The molecule has 1 N–H and O–H groups in total. The number of esters is 1. The van der Waals surface area contributed by atoms with Crippen LogP contribution < -0.4 is 0 Å². The summed E-state index contributed by atoms with van der Waals surface area (Å²) in [5, 5.41) is 10.8. The monoisotopic (exact) mass is 504 g/mol. The van der Waals surface area contributed by atoms with Crippen LogP contribution in [0.4, 0.5) is 0 Å². The highest BCUT2D eigenvalue weighted by atomic mass is 16.5. The maximum atomic E-state index is 12.7. The van der Waals surface area contributed by atoms with E-state index in [1.165, 1.54) is 77.0 Å². The Morgan fingerprint density at radius 1 is 0.667 bits per heavy atom. The zero-order chi connectivity index (χ0) is 27.6. The van der Waals surface area contributed by atoms with Crippen LogP contribution in [0, 0.1) is 0 Å².